The lowest BCUT2D eigenvalue weighted by Gasteiger charge is -2.04. The number of thiazole rings is 1. The Kier molecular flexibility index (Phi) is 3.43. The molecule has 1 amide bonds. The molecule has 1 aromatic carbocycles. The van der Waals surface area contributed by atoms with E-state index in [0.717, 1.165) is 0 Å². The molecule has 118 valence electrons. The zero-order chi connectivity index (χ0) is 16.5. The summed E-state index contributed by atoms with van der Waals surface area (Å²) >= 11 is 1.32. The second-order valence-electron chi connectivity index (χ2n) is 4.98. The summed E-state index contributed by atoms with van der Waals surface area (Å²) in [4.78, 5) is 31.9. The number of nitrogens with one attached hydrogen (secondary N) is 2. The summed E-state index contributed by atoms with van der Waals surface area (Å²) in [5.41, 5.74) is 1.35. The summed E-state index contributed by atoms with van der Waals surface area (Å²) in [5, 5.41) is 9.29. The summed E-state index contributed by atoms with van der Waals surface area (Å²) in [5.74, 6) is -0.371. The lowest BCUT2D eigenvalue weighted by atomic mass is 10.1. The van der Waals surface area contributed by atoms with Crippen molar-refractivity contribution in [1.82, 2.24) is 19.7 Å². The van der Waals surface area contributed by atoms with Crippen LogP contribution in [0.15, 0.2) is 59.1 Å². The lowest BCUT2D eigenvalue weighted by molar-refractivity contribution is 0.102. The van der Waals surface area contributed by atoms with Gasteiger partial charge in [-0.05, 0) is 12.1 Å². The molecule has 0 aliphatic carbocycles. The zero-order valence-corrected chi connectivity index (χ0v) is 13.1. The summed E-state index contributed by atoms with van der Waals surface area (Å²) in [6.07, 6.45) is 4.67. The lowest BCUT2D eigenvalue weighted by Crippen LogP contribution is -2.15. The molecule has 0 fully saturated rings. The molecule has 0 bridgehead atoms. The number of pyridine rings is 1. The molecule has 0 radical (unpaired) electrons. The van der Waals surface area contributed by atoms with Crippen molar-refractivity contribution in [3.05, 3.63) is 70.2 Å². The molecule has 7 nitrogen and oxygen atoms in total. The first-order chi connectivity index (χ1) is 11.7. The van der Waals surface area contributed by atoms with E-state index in [1.165, 1.54) is 22.2 Å². The first-order valence-corrected chi connectivity index (χ1v) is 7.98. The Balaban J connectivity index is 1.81. The number of aromatic nitrogens is 4. The molecule has 24 heavy (non-hydrogen) atoms. The maximum atomic E-state index is 12.6. The Hall–Kier alpha value is -3.26. The molecule has 2 N–H and O–H groups in total. The Morgan fingerprint density at radius 3 is 2.79 bits per heavy atom. The normalized spacial score (nSPS) is 10.8. The van der Waals surface area contributed by atoms with E-state index in [-0.39, 0.29) is 17.0 Å². The molecule has 2 aliphatic rings. The molecular weight excluding hydrogens is 326 g/mol. The maximum absolute atomic E-state index is 12.6. The number of benzene rings is 1. The van der Waals surface area contributed by atoms with E-state index < -0.39 is 0 Å². The van der Waals surface area contributed by atoms with Crippen molar-refractivity contribution < 1.29 is 4.79 Å². The number of rotatable bonds is 3. The van der Waals surface area contributed by atoms with Crippen molar-refractivity contribution >= 4 is 22.4 Å². The molecule has 2 aromatic rings. The van der Waals surface area contributed by atoms with E-state index in [1.54, 1.807) is 29.9 Å². The van der Waals surface area contributed by atoms with Crippen LogP contribution in [-0.2, 0) is 0 Å². The number of para-hydroxylation sites is 1. The van der Waals surface area contributed by atoms with Gasteiger partial charge in [-0.3, -0.25) is 14.9 Å². The third-order valence-electron chi connectivity index (χ3n) is 3.49. The highest BCUT2D eigenvalue weighted by atomic mass is 32.1. The molecule has 0 unspecified atom stereocenters. The number of carbonyl (C=O) groups excluding carboxylic acids is 1. The predicted octanol–water partition coefficient (Wildman–Crippen LogP) is 2.37. The SMILES string of the molecule is O=C(Nc1nccs1)c1c[nH]cc2c(=O)n(-c3ccccc3)nc1-2. The van der Waals surface area contributed by atoms with Gasteiger partial charge in [0.1, 0.15) is 5.69 Å². The summed E-state index contributed by atoms with van der Waals surface area (Å²) in [6, 6.07) is 9.07. The molecule has 2 aliphatic heterocycles. The monoisotopic (exact) mass is 337 g/mol. The minimum Gasteiger partial charge on any atom is -0.366 e. The standard InChI is InChI=1S/C16H11N5O2S/c22-14(19-16-18-6-7-24-16)11-8-17-9-12-13(11)20-21(15(12)23)10-4-2-1-3-5-10/h1-9,17H,(H,18,19,22). The summed E-state index contributed by atoms with van der Waals surface area (Å²) in [6.45, 7) is 0. The van der Waals surface area contributed by atoms with E-state index >= 15 is 0 Å². The highest BCUT2D eigenvalue weighted by Crippen LogP contribution is 2.22. The predicted molar refractivity (Wildman–Crippen MR) is 90.9 cm³/mol. The van der Waals surface area contributed by atoms with Gasteiger partial charge in [-0.15, -0.1) is 11.3 Å². The summed E-state index contributed by atoms with van der Waals surface area (Å²) in [7, 11) is 0. The maximum Gasteiger partial charge on any atom is 0.282 e. The van der Waals surface area contributed by atoms with Crippen molar-refractivity contribution in [3.8, 4) is 16.9 Å². The van der Waals surface area contributed by atoms with Crippen molar-refractivity contribution in [3.63, 3.8) is 0 Å². The number of hydrogen-bond acceptors (Lipinski definition) is 5. The number of fused-ring (bicyclic) bond motifs is 1. The average molecular weight is 337 g/mol. The Morgan fingerprint density at radius 2 is 2.04 bits per heavy atom. The van der Waals surface area contributed by atoms with Gasteiger partial charge < -0.3 is 4.98 Å². The van der Waals surface area contributed by atoms with Crippen LogP contribution < -0.4 is 10.9 Å². The highest BCUT2D eigenvalue weighted by molar-refractivity contribution is 7.13. The van der Waals surface area contributed by atoms with E-state index in [1.807, 2.05) is 18.2 Å². The third kappa shape index (κ3) is 2.38. The van der Waals surface area contributed by atoms with Crippen molar-refractivity contribution in [2.45, 2.75) is 0 Å². The Morgan fingerprint density at radius 1 is 1.21 bits per heavy atom. The number of nitrogens with zero attached hydrogens (tertiary/aromatic N) is 3. The average Bonchev–Trinajstić information content (AvgIpc) is 3.24. The molecule has 8 heteroatoms. The number of anilines is 1. The zero-order valence-electron chi connectivity index (χ0n) is 12.3. The van der Waals surface area contributed by atoms with Gasteiger partial charge in [-0.1, -0.05) is 18.2 Å². The fraction of sp³-hybridized carbons (Fsp3) is 0. The molecule has 0 spiro atoms. The molecule has 1 aromatic heterocycles. The first-order valence-electron chi connectivity index (χ1n) is 7.10. The molecule has 0 saturated carbocycles. The quantitative estimate of drug-likeness (QED) is 0.600. The van der Waals surface area contributed by atoms with Crippen LogP contribution in [0.5, 0.6) is 0 Å². The molecule has 4 rings (SSSR count). The van der Waals surface area contributed by atoms with Crippen molar-refractivity contribution in [1.29, 1.82) is 0 Å². The fourth-order valence-electron chi connectivity index (χ4n) is 2.39. The van der Waals surface area contributed by atoms with Crippen LogP contribution in [-0.4, -0.2) is 25.7 Å². The summed E-state index contributed by atoms with van der Waals surface area (Å²) < 4.78 is 1.29. The number of H-pyrrole nitrogens is 1. The minimum absolute atomic E-state index is 0.281. The van der Waals surface area contributed by atoms with Gasteiger partial charge in [-0.2, -0.15) is 9.78 Å². The Labute approximate surface area is 140 Å². The number of hydrogen-bond donors (Lipinski definition) is 2. The molecular formula is C16H11N5O2S. The van der Waals surface area contributed by atoms with Gasteiger partial charge in [0.15, 0.2) is 5.13 Å². The van der Waals surface area contributed by atoms with Gasteiger partial charge in [0.05, 0.1) is 16.8 Å². The fourth-order valence-corrected chi connectivity index (χ4v) is 2.91. The van der Waals surface area contributed by atoms with Crippen LogP contribution in [0.4, 0.5) is 5.13 Å². The van der Waals surface area contributed by atoms with Crippen LogP contribution in [0.2, 0.25) is 0 Å². The van der Waals surface area contributed by atoms with Crippen LogP contribution in [0.3, 0.4) is 0 Å². The van der Waals surface area contributed by atoms with Crippen molar-refractivity contribution in [2.75, 3.05) is 5.32 Å². The second-order valence-corrected chi connectivity index (χ2v) is 5.87. The van der Waals surface area contributed by atoms with Crippen LogP contribution >= 0.6 is 11.3 Å². The van der Waals surface area contributed by atoms with E-state index in [2.05, 4.69) is 20.4 Å². The number of amides is 1. The number of carbonyl (C=O) groups is 1. The van der Waals surface area contributed by atoms with E-state index in [4.69, 9.17) is 0 Å². The largest absolute Gasteiger partial charge is 0.366 e. The van der Waals surface area contributed by atoms with Gasteiger partial charge in [0, 0.05) is 24.0 Å². The second kappa shape index (κ2) is 5.74. The number of aromatic amines is 1. The first kappa shape index (κ1) is 14.3. The Bertz CT molecular complexity index is 1020. The molecule has 0 atom stereocenters. The van der Waals surface area contributed by atoms with E-state index in [9.17, 15) is 9.59 Å². The smallest absolute Gasteiger partial charge is 0.282 e. The molecule has 0 saturated heterocycles. The van der Waals surface area contributed by atoms with Gasteiger partial charge >= 0.3 is 0 Å². The van der Waals surface area contributed by atoms with Crippen LogP contribution in [0.25, 0.3) is 16.9 Å². The van der Waals surface area contributed by atoms with Crippen LogP contribution in [0.1, 0.15) is 10.4 Å². The topological polar surface area (TPSA) is 92.7 Å². The van der Waals surface area contributed by atoms with Gasteiger partial charge in [0.2, 0.25) is 0 Å². The third-order valence-corrected chi connectivity index (χ3v) is 4.18. The van der Waals surface area contributed by atoms with Gasteiger partial charge in [-0.25, -0.2) is 4.98 Å². The van der Waals surface area contributed by atoms with Crippen LogP contribution in [0, 0.1) is 0 Å². The van der Waals surface area contributed by atoms with Gasteiger partial charge in [0.25, 0.3) is 11.5 Å². The minimum atomic E-state index is -0.371. The highest BCUT2D eigenvalue weighted by Gasteiger charge is 2.23. The van der Waals surface area contributed by atoms with Crippen molar-refractivity contribution in [2.24, 2.45) is 0 Å². The molecule has 3 heterocycles. The van der Waals surface area contributed by atoms with E-state index in [0.29, 0.717) is 22.1 Å².